The standard InChI is InChI=1S/C20H22ClN3O3S3/c1-12-4-5-13(2)18-17(12)23(3)20(29-18)22-19(25)14-8-10-24(11-9-14)30(26,27)16-7-6-15(21)28-16/h4-7,14H,8-11H2,1-3H3. The molecule has 1 aliphatic heterocycles. The van der Waals surface area contributed by atoms with Gasteiger partial charge in [0.05, 0.1) is 14.6 Å². The Morgan fingerprint density at radius 2 is 1.77 bits per heavy atom. The Balaban J connectivity index is 1.53. The molecule has 4 rings (SSSR count). The molecule has 160 valence electrons. The van der Waals surface area contributed by atoms with Crippen molar-refractivity contribution in [2.75, 3.05) is 13.1 Å². The topological polar surface area (TPSA) is 71.7 Å². The first kappa shape index (κ1) is 21.7. The summed E-state index contributed by atoms with van der Waals surface area (Å²) >= 11 is 8.46. The number of aryl methyl sites for hydroxylation is 3. The van der Waals surface area contributed by atoms with Crippen molar-refractivity contribution in [1.82, 2.24) is 8.87 Å². The van der Waals surface area contributed by atoms with E-state index in [1.807, 2.05) is 11.6 Å². The van der Waals surface area contributed by atoms with Gasteiger partial charge in [0.2, 0.25) is 0 Å². The van der Waals surface area contributed by atoms with Gasteiger partial charge in [-0.2, -0.15) is 9.30 Å². The maximum Gasteiger partial charge on any atom is 0.252 e. The summed E-state index contributed by atoms with van der Waals surface area (Å²) in [7, 11) is -1.63. The number of aromatic nitrogens is 1. The molecule has 3 heterocycles. The lowest BCUT2D eigenvalue weighted by Crippen LogP contribution is -2.40. The Kier molecular flexibility index (Phi) is 5.93. The van der Waals surface area contributed by atoms with Crippen LogP contribution >= 0.6 is 34.3 Å². The molecule has 0 N–H and O–H groups in total. The van der Waals surface area contributed by atoms with Gasteiger partial charge in [-0.25, -0.2) is 8.42 Å². The molecule has 1 aliphatic rings. The molecule has 0 saturated carbocycles. The number of sulfonamides is 1. The van der Waals surface area contributed by atoms with E-state index in [4.69, 9.17) is 11.6 Å². The molecular formula is C20H22ClN3O3S3. The van der Waals surface area contributed by atoms with Crippen LogP contribution in [0.4, 0.5) is 0 Å². The van der Waals surface area contributed by atoms with E-state index in [1.54, 1.807) is 6.07 Å². The molecule has 1 amide bonds. The Morgan fingerprint density at radius 3 is 2.37 bits per heavy atom. The molecule has 1 fully saturated rings. The summed E-state index contributed by atoms with van der Waals surface area (Å²) in [4.78, 5) is 17.9. The second-order valence-corrected chi connectivity index (χ2v) is 12.4. The minimum absolute atomic E-state index is 0.177. The van der Waals surface area contributed by atoms with Crippen LogP contribution in [0.15, 0.2) is 33.5 Å². The second-order valence-electron chi connectivity index (χ2n) is 7.51. The first-order chi connectivity index (χ1) is 14.2. The van der Waals surface area contributed by atoms with Gasteiger partial charge in [-0.3, -0.25) is 4.79 Å². The van der Waals surface area contributed by atoms with Gasteiger partial charge in [0, 0.05) is 26.1 Å². The fraction of sp³-hybridized carbons (Fsp3) is 0.400. The Bertz CT molecular complexity index is 1300. The van der Waals surface area contributed by atoms with Crippen LogP contribution in [-0.4, -0.2) is 36.3 Å². The fourth-order valence-electron chi connectivity index (χ4n) is 3.76. The molecule has 3 aromatic rings. The largest absolute Gasteiger partial charge is 0.319 e. The third kappa shape index (κ3) is 3.89. The second kappa shape index (κ2) is 8.20. The lowest BCUT2D eigenvalue weighted by Gasteiger charge is -2.29. The maximum atomic E-state index is 12.8. The number of amides is 1. The first-order valence-electron chi connectivity index (χ1n) is 9.58. The summed E-state index contributed by atoms with van der Waals surface area (Å²) < 4.78 is 30.7. The van der Waals surface area contributed by atoms with Gasteiger partial charge in [0.25, 0.3) is 15.9 Å². The Labute approximate surface area is 188 Å². The van der Waals surface area contributed by atoms with E-state index in [1.165, 1.54) is 21.7 Å². The molecule has 1 aromatic carbocycles. The molecule has 0 atom stereocenters. The lowest BCUT2D eigenvalue weighted by atomic mass is 9.98. The normalized spacial score (nSPS) is 17.1. The third-order valence-electron chi connectivity index (χ3n) is 5.50. The van der Waals surface area contributed by atoms with Crippen LogP contribution in [0.3, 0.4) is 0 Å². The predicted molar refractivity (Wildman–Crippen MR) is 122 cm³/mol. The van der Waals surface area contributed by atoms with Gasteiger partial charge in [-0.1, -0.05) is 35.1 Å². The quantitative estimate of drug-likeness (QED) is 0.563. The summed E-state index contributed by atoms with van der Waals surface area (Å²) in [5, 5.41) is 0. The van der Waals surface area contributed by atoms with Crippen molar-refractivity contribution in [2.45, 2.75) is 30.9 Å². The van der Waals surface area contributed by atoms with Crippen LogP contribution in [0.5, 0.6) is 0 Å². The van der Waals surface area contributed by atoms with Crippen LogP contribution in [0.25, 0.3) is 10.2 Å². The number of hydrogen-bond donors (Lipinski definition) is 0. The number of carbonyl (C=O) groups is 1. The molecule has 0 radical (unpaired) electrons. The predicted octanol–water partition coefficient (Wildman–Crippen LogP) is 4.10. The summed E-state index contributed by atoms with van der Waals surface area (Å²) in [6.07, 6.45) is 0.931. The van der Waals surface area contributed by atoms with Crippen molar-refractivity contribution in [1.29, 1.82) is 0 Å². The summed E-state index contributed by atoms with van der Waals surface area (Å²) in [5.41, 5.74) is 3.41. The molecule has 10 heteroatoms. The average Bonchev–Trinajstić information content (AvgIpc) is 3.30. The minimum atomic E-state index is -3.56. The van der Waals surface area contributed by atoms with E-state index in [0.29, 0.717) is 35.1 Å². The van der Waals surface area contributed by atoms with Crippen LogP contribution in [-0.2, 0) is 21.9 Å². The first-order valence-corrected chi connectivity index (χ1v) is 13.0. The highest BCUT2D eigenvalue weighted by atomic mass is 35.5. The minimum Gasteiger partial charge on any atom is -0.319 e. The van der Waals surface area contributed by atoms with Crippen LogP contribution in [0, 0.1) is 19.8 Å². The van der Waals surface area contributed by atoms with Crippen molar-refractivity contribution < 1.29 is 13.2 Å². The third-order valence-corrected chi connectivity index (χ3v) is 10.4. The number of thiazole rings is 1. The molecule has 0 bridgehead atoms. The fourth-order valence-corrected chi connectivity index (χ4v) is 8.04. The molecule has 0 spiro atoms. The number of piperidine rings is 1. The Hall–Kier alpha value is -1.52. The molecule has 2 aromatic heterocycles. The van der Waals surface area contributed by atoms with Gasteiger partial charge in [-0.05, 0) is 49.9 Å². The number of carbonyl (C=O) groups excluding carboxylic acids is 1. The molecule has 1 saturated heterocycles. The molecule has 0 aliphatic carbocycles. The highest BCUT2D eigenvalue weighted by Crippen LogP contribution is 2.31. The van der Waals surface area contributed by atoms with Crippen LogP contribution < -0.4 is 4.80 Å². The van der Waals surface area contributed by atoms with Gasteiger partial charge in [-0.15, -0.1) is 11.3 Å². The molecule has 0 unspecified atom stereocenters. The van der Waals surface area contributed by atoms with Crippen molar-refractivity contribution in [3.63, 3.8) is 0 Å². The number of nitrogens with zero attached hydrogens (tertiary/aromatic N) is 3. The summed E-state index contributed by atoms with van der Waals surface area (Å²) in [6, 6.07) is 7.27. The zero-order chi connectivity index (χ0) is 21.6. The SMILES string of the molecule is Cc1ccc(C)c2c1sc(=NC(=O)C1CCN(S(=O)(=O)c3ccc(Cl)s3)CC1)n2C. The van der Waals surface area contributed by atoms with E-state index >= 15 is 0 Å². The number of halogens is 1. The molecular weight excluding hydrogens is 462 g/mol. The van der Waals surface area contributed by atoms with Crippen LogP contribution in [0.2, 0.25) is 4.34 Å². The monoisotopic (exact) mass is 483 g/mol. The Morgan fingerprint density at radius 1 is 1.10 bits per heavy atom. The van der Waals surface area contributed by atoms with Gasteiger partial charge >= 0.3 is 0 Å². The molecule has 30 heavy (non-hydrogen) atoms. The van der Waals surface area contributed by atoms with Crippen molar-refractivity contribution in [3.8, 4) is 0 Å². The maximum absolute atomic E-state index is 12.8. The van der Waals surface area contributed by atoms with E-state index < -0.39 is 10.0 Å². The zero-order valence-corrected chi connectivity index (χ0v) is 20.1. The molecule has 6 nitrogen and oxygen atoms in total. The summed E-state index contributed by atoms with van der Waals surface area (Å²) in [6.45, 7) is 4.72. The van der Waals surface area contributed by atoms with E-state index in [-0.39, 0.29) is 16.0 Å². The van der Waals surface area contributed by atoms with E-state index in [0.717, 1.165) is 32.7 Å². The van der Waals surface area contributed by atoms with Crippen molar-refractivity contribution in [3.05, 3.63) is 44.5 Å². The number of hydrogen-bond acceptors (Lipinski definition) is 5. The van der Waals surface area contributed by atoms with Crippen molar-refractivity contribution >= 4 is 60.4 Å². The van der Waals surface area contributed by atoms with Gasteiger partial charge in [0.15, 0.2) is 4.80 Å². The van der Waals surface area contributed by atoms with Crippen molar-refractivity contribution in [2.24, 2.45) is 18.0 Å². The van der Waals surface area contributed by atoms with Gasteiger partial charge < -0.3 is 4.57 Å². The number of rotatable bonds is 3. The van der Waals surface area contributed by atoms with E-state index in [2.05, 4.69) is 31.0 Å². The lowest BCUT2D eigenvalue weighted by molar-refractivity contribution is -0.122. The smallest absolute Gasteiger partial charge is 0.252 e. The number of benzene rings is 1. The highest BCUT2D eigenvalue weighted by Gasteiger charge is 2.33. The average molecular weight is 484 g/mol. The van der Waals surface area contributed by atoms with Gasteiger partial charge in [0.1, 0.15) is 4.21 Å². The summed E-state index contributed by atoms with van der Waals surface area (Å²) in [5.74, 6) is -0.445. The van der Waals surface area contributed by atoms with Crippen LogP contribution in [0.1, 0.15) is 24.0 Å². The number of thiophene rings is 1. The van der Waals surface area contributed by atoms with E-state index in [9.17, 15) is 13.2 Å². The number of fused-ring (bicyclic) bond motifs is 1. The highest BCUT2D eigenvalue weighted by molar-refractivity contribution is 7.91. The zero-order valence-electron chi connectivity index (χ0n) is 16.9.